The van der Waals surface area contributed by atoms with Crippen LogP contribution in [0.5, 0.6) is 0 Å². The molecular formula is C36H63NO5. The van der Waals surface area contributed by atoms with Gasteiger partial charge in [0.2, 0.25) is 5.91 Å². The number of nitrogens with one attached hydrogen (secondary N) is 1. The quantitative estimate of drug-likeness (QED) is 0.0494. The van der Waals surface area contributed by atoms with Crippen molar-refractivity contribution in [1.29, 1.82) is 0 Å². The summed E-state index contributed by atoms with van der Waals surface area (Å²) >= 11 is 0. The van der Waals surface area contributed by atoms with Gasteiger partial charge in [0.05, 0.1) is 0 Å². The highest BCUT2D eigenvalue weighted by Crippen LogP contribution is 2.15. The van der Waals surface area contributed by atoms with Crippen LogP contribution < -0.4 is 5.32 Å². The van der Waals surface area contributed by atoms with Crippen molar-refractivity contribution >= 4 is 17.8 Å². The molecule has 0 spiro atoms. The van der Waals surface area contributed by atoms with Crippen molar-refractivity contribution in [3.63, 3.8) is 0 Å². The molecule has 1 atom stereocenters. The molecule has 2 N–H and O–H groups in total. The van der Waals surface area contributed by atoms with E-state index < -0.39 is 5.97 Å². The first-order valence-electron chi connectivity index (χ1n) is 17.1. The predicted molar refractivity (Wildman–Crippen MR) is 175 cm³/mol. The monoisotopic (exact) mass is 589 g/mol. The summed E-state index contributed by atoms with van der Waals surface area (Å²) in [6.45, 7) is 4.10. The van der Waals surface area contributed by atoms with E-state index in [1.165, 1.54) is 64.2 Å². The van der Waals surface area contributed by atoms with Crippen molar-refractivity contribution in [3.05, 3.63) is 36.5 Å². The summed E-state index contributed by atoms with van der Waals surface area (Å²) < 4.78 is 5.86. The minimum absolute atomic E-state index is 0.0987. The van der Waals surface area contributed by atoms with Gasteiger partial charge in [0.1, 0.15) is 12.6 Å². The summed E-state index contributed by atoms with van der Waals surface area (Å²) in [5, 5.41) is 11.0. The maximum Gasteiger partial charge on any atom is 0.322 e. The SMILES string of the molecule is CCC/C=C\C/C=C\CCCCCCCC(=O)OC(/C=C\CCCCCCCC)CCCCCCC(=O)NCC(=O)O. The van der Waals surface area contributed by atoms with Crippen LogP contribution in [-0.4, -0.2) is 35.6 Å². The molecule has 0 saturated carbocycles. The third-order valence-electron chi connectivity index (χ3n) is 7.25. The molecule has 1 unspecified atom stereocenters. The zero-order valence-corrected chi connectivity index (χ0v) is 27.1. The molecule has 1 amide bonds. The van der Waals surface area contributed by atoms with E-state index in [-0.39, 0.29) is 24.5 Å². The Labute approximate surface area is 257 Å². The number of amides is 1. The van der Waals surface area contributed by atoms with Crippen molar-refractivity contribution in [2.24, 2.45) is 0 Å². The first kappa shape index (κ1) is 39.6. The molecule has 42 heavy (non-hydrogen) atoms. The van der Waals surface area contributed by atoms with Gasteiger partial charge in [-0.2, -0.15) is 0 Å². The Morgan fingerprint density at radius 3 is 1.88 bits per heavy atom. The third-order valence-corrected chi connectivity index (χ3v) is 7.25. The van der Waals surface area contributed by atoms with Gasteiger partial charge in [-0.1, -0.05) is 115 Å². The highest BCUT2D eigenvalue weighted by atomic mass is 16.5. The molecule has 0 aromatic heterocycles. The van der Waals surface area contributed by atoms with Crippen LogP contribution in [0.25, 0.3) is 0 Å². The number of esters is 1. The summed E-state index contributed by atoms with van der Waals surface area (Å²) in [5.74, 6) is -1.35. The molecule has 0 saturated heterocycles. The molecule has 242 valence electrons. The molecular weight excluding hydrogens is 526 g/mol. The van der Waals surface area contributed by atoms with Crippen molar-refractivity contribution in [3.8, 4) is 0 Å². The van der Waals surface area contributed by atoms with E-state index in [9.17, 15) is 14.4 Å². The highest BCUT2D eigenvalue weighted by molar-refractivity contribution is 5.80. The Bertz CT molecular complexity index is 743. The van der Waals surface area contributed by atoms with Gasteiger partial charge in [0, 0.05) is 12.8 Å². The topological polar surface area (TPSA) is 92.7 Å². The fraction of sp³-hybridized carbons (Fsp3) is 0.750. The first-order valence-corrected chi connectivity index (χ1v) is 17.1. The number of aliphatic carboxylic acids is 1. The molecule has 0 radical (unpaired) electrons. The number of carbonyl (C=O) groups is 3. The molecule has 0 rings (SSSR count). The van der Waals surface area contributed by atoms with Gasteiger partial charge >= 0.3 is 11.9 Å². The number of hydrogen-bond acceptors (Lipinski definition) is 4. The number of hydrogen-bond donors (Lipinski definition) is 2. The minimum Gasteiger partial charge on any atom is -0.480 e. The minimum atomic E-state index is -1.03. The number of ether oxygens (including phenoxy) is 1. The standard InChI is InChI=1S/C36H63NO5/c1-3-5-7-9-11-13-14-15-16-17-19-21-27-31-36(41)42-33(28-24-20-18-12-10-8-6-4-2)29-25-22-23-26-30-34(38)37-32-35(39)40/h7,9,13-14,24,28,33H,3-6,8,10-12,15-23,25-27,29-32H2,1-2H3,(H,37,38)(H,39,40)/b9-7-,14-13-,28-24-. The van der Waals surface area contributed by atoms with Crippen LogP contribution >= 0.6 is 0 Å². The lowest BCUT2D eigenvalue weighted by Gasteiger charge is -2.15. The molecule has 0 aromatic carbocycles. The van der Waals surface area contributed by atoms with E-state index in [0.717, 1.165) is 70.6 Å². The van der Waals surface area contributed by atoms with E-state index in [0.29, 0.717) is 12.8 Å². The van der Waals surface area contributed by atoms with Crippen LogP contribution in [0.4, 0.5) is 0 Å². The van der Waals surface area contributed by atoms with E-state index >= 15 is 0 Å². The van der Waals surface area contributed by atoms with Gasteiger partial charge in [0.15, 0.2) is 0 Å². The number of carbonyl (C=O) groups excluding carboxylic acids is 2. The predicted octanol–water partition coefficient (Wildman–Crippen LogP) is 9.78. The van der Waals surface area contributed by atoms with Crippen LogP contribution in [0.15, 0.2) is 36.5 Å². The normalized spacial score (nSPS) is 12.4. The second-order valence-corrected chi connectivity index (χ2v) is 11.4. The maximum atomic E-state index is 12.6. The Morgan fingerprint density at radius 1 is 0.643 bits per heavy atom. The zero-order valence-electron chi connectivity index (χ0n) is 27.1. The van der Waals surface area contributed by atoms with Gasteiger partial charge in [-0.05, 0) is 70.3 Å². The lowest BCUT2D eigenvalue weighted by Crippen LogP contribution is -2.28. The number of carboxylic acid groups (broad SMARTS) is 1. The fourth-order valence-electron chi connectivity index (χ4n) is 4.70. The van der Waals surface area contributed by atoms with E-state index in [1.807, 2.05) is 0 Å². The second kappa shape index (κ2) is 31.6. The van der Waals surface area contributed by atoms with E-state index in [2.05, 4.69) is 55.6 Å². The van der Waals surface area contributed by atoms with Crippen LogP contribution in [0.1, 0.15) is 162 Å². The lowest BCUT2D eigenvalue weighted by molar-refractivity contribution is -0.147. The van der Waals surface area contributed by atoms with Crippen LogP contribution in [-0.2, 0) is 19.1 Å². The molecule has 6 nitrogen and oxygen atoms in total. The van der Waals surface area contributed by atoms with Crippen molar-refractivity contribution in [2.75, 3.05) is 6.54 Å². The summed E-state index contributed by atoms with van der Waals surface area (Å²) in [5.41, 5.74) is 0. The fourth-order valence-corrected chi connectivity index (χ4v) is 4.70. The van der Waals surface area contributed by atoms with Crippen molar-refractivity contribution < 1.29 is 24.2 Å². The summed E-state index contributed by atoms with van der Waals surface area (Å²) in [6, 6.07) is 0. The number of unbranched alkanes of at least 4 members (excludes halogenated alkanes) is 15. The van der Waals surface area contributed by atoms with Gasteiger partial charge in [-0.3, -0.25) is 14.4 Å². The first-order chi connectivity index (χ1) is 20.5. The van der Waals surface area contributed by atoms with Gasteiger partial charge < -0.3 is 15.2 Å². The number of allylic oxidation sites excluding steroid dienone is 5. The van der Waals surface area contributed by atoms with Gasteiger partial charge in [-0.25, -0.2) is 0 Å². The summed E-state index contributed by atoms with van der Waals surface area (Å²) in [7, 11) is 0. The molecule has 0 aliphatic heterocycles. The Morgan fingerprint density at radius 2 is 1.21 bits per heavy atom. The maximum absolute atomic E-state index is 12.6. The second-order valence-electron chi connectivity index (χ2n) is 11.4. The Hall–Kier alpha value is -2.37. The zero-order chi connectivity index (χ0) is 30.9. The highest BCUT2D eigenvalue weighted by Gasteiger charge is 2.12. The number of carboxylic acids is 1. The molecule has 6 heteroatoms. The largest absolute Gasteiger partial charge is 0.480 e. The average Bonchev–Trinajstić information content (AvgIpc) is 2.97. The molecule has 0 heterocycles. The number of rotatable bonds is 30. The average molecular weight is 590 g/mol. The van der Waals surface area contributed by atoms with Crippen molar-refractivity contribution in [1.82, 2.24) is 5.32 Å². The lowest BCUT2D eigenvalue weighted by atomic mass is 10.1. The summed E-state index contributed by atoms with van der Waals surface area (Å²) in [6.07, 6.45) is 37.0. The van der Waals surface area contributed by atoms with E-state index in [4.69, 9.17) is 9.84 Å². The molecule has 0 aliphatic rings. The van der Waals surface area contributed by atoms with Crippen molar-refractivity contribution in [2.45, 2.75) is 168 Å². The van der Waals surface area contributed by atoms with Crippen LogP contribution in [0.3, 0.4) is 0 Å². The molecule has 0 aromatic rings. The molecule has 0 fully saturated rings. The Kier molecular flexibility index (Phi) is 29.8. The van der Waals surface area contributed by atoms with Crippen LogP contribution in [0.2, 0.25) is 0 Å². The van der Waals surface area contributed by atoms with Gasteiger partial charge in [0.25, 0.3) is 0 Å². The van der Waals surface area contributed by atoms with Gasteiger partial charge in [-0.15, -0.1) is 0 Å². The smallest absolute Gasteiger partial charge is 0.322 e. The molecule has 0 bridgehead atoms. The summed E-state index contributed by atoms with van der Waals surface area (Å²) in [4.78, 5) is 34.7. The molecule has 0 aliphatic carbocycles. The Balaban J connectivity index is 4.22. The van der Waals surface area contributed by atoms with E-state index in [1.54, 1.807) is 0 Å². The van der Waals surface area contributed by atoms with Crippen LogP contribution in [0, 0.1) is 0 Å². The third kappa shape index (κ3) is 30.6.